The van der Waals surface area contributed by atoms with Crippen LogP contribution in [0.5, 0.6) is 0 Å². The lowest BCUT2D eigenvalue weighted by Gasteiger charge is -2.22. The van der Waals surface area contributed by atoms with Crippen LogP contribution in [0.3, 0.4) is 0 Å². The van der Waals surface area contributed by atoms with Gasteiger partial charge in [0, 0.05) is 47.9 Å². The molecule has 5 fully saturated rings. The standard InChI is InChI=1S/C27H37N3O2.2C24H33N3O2.C21H27N3O2/c31-19-22-11-14-23(15-12-22)25-18-28-27(30-26(32)17-21-9-5-2-6-10-21)24(29-25)16-13-20-7-3-1-4-8-20;1-17(2)14-23(29)27-24-21(13-10-18-6-4-3-5-7-18)26-22(15-25-24)20-11-8-19(16-28)9-12-20;1-3-17(2)24(29)27-23-21(14-11-18-7-5-4-6-8-18)26-22(15-25-23)20-12-9-19(16-28)10-13-20;1-15(26)23-21-19(12-9-16-5-3-2-4-6-16)24-20(13-22-21)18-10-7-17(14-25)8-11-18/h11-12,14-15,18,20-21,31H,1-10,13,16-17,19H2,(H,28,30,32);8-9,11-12,15,17-18,28H,3-7,10,13-14,16H2,1-2H3,(H,25,27,29);9-10,12-13,15,17-18,28H,3-8,11,14,16H2,1-2H3,(H,25,27,29);7-8,10-11,13,16,25H,2-6,9,12,14H2,1H3,(H,22,23,26). The highest BCUT2D eigenvalue weighted by Crippen LogP contribution is 2.36. The van der Waals surface area contributed by atoms with Crippen LogP contribution in [-0.2, 0) is 71.3 Å². The van der Waals surface area contributed by atoms with Crippen molar-refractivity contribution in [3.8, 4) is 45.0 Å². The number of benzene rings is 4. The molecule has 8 N–H and O–H groups in total. The molecule has 116 heavy (non-hydrogen) atoms. The summed E-state index contributed by atoms with van der Waals surface area (Å²) in [4.78, 5) is 86.7. The lowest BCUT2D eigenvalue weighted by Crippen LogP contribution is -2.22. The second-order valence-corrected chi connectivity index (χ2v) is 33.7. The van der Waals surface area contributed by atoms with Crippen LogP contribution in [0.15, 0.2) is 122 Å². The van der Waals surface area contributed by atoms with Gasteiger partial charge in [0.1, 0.15) is 0 Å². The number of aryl methyl sites for hydroxylation is 4. The van der Waals surface area contributed by atoms with Gasteiger partial charge in [-0.25, -0.2) is 39.9 Å². The number of aromatic nitrogens is 8. The third-order valence-corrected chi connectivity index (χ3v) is 24.1. The van der Waals surface area contributed by atoms with Crippen LogP contribution >= 0.6 is 0 Å². The Morgan fingerprint density at radius 3 is 0.871 bits per heavy atom. The highest BCUT2D eigenvalue weighted by molar-refractivity contribution is 5.93. The maximum Gasteiger partial charge on any atom is 0.228 e. The topological polar surface area (TPSA) is 300 Å². The van der Waals surface area contributed by atoms with Gasteiger partial charge in [-0.3, -0.25) is 19.2 Å². The zero-order valence-electron chi connectivity index (χ0n) is 69.9. The van der Waals surface area contributed by atoms with E-state index in [0.717, 1.165) is 184 Å². The van der Waals surface area contributed by atoms with E-state index < -0.39 is 0 Å². The second-order valence-electron chi connectivity index (χ2n) is 33.7. The molecule has 13 rings (SSSR count). The van der Waals surface area contributed by atoms with Gasteiger partial charge >= 0.3 is 0 Å². The number of aliphatic hydroxyl groups excluding tert-OH is 4. The third kappa shape index (κ3) is 29.2. The summed E-state index contributed by atoms with van der Waals surface area (Å²) < 4.78 is 0. The van der Waals surface area contributed by atoms with E-state index >= 15 is 0 Å². The van der Waals surface area contributed by atoms with Gasteiger partial charge in [-0.05, 0) is 128 Å². The molecular weight excluding hydrogens is 1450 g/mol. The predicted octanol–water partition coefficient (Wildman–Crippen LogP) is 20.4. The SMILES string of the molecule is CC(=O)Nc1ncc(-c2ccc(CO)cc2)nc1CCC1CCCCC1.CC(C)CC(=O)Nc1ncc(-c2ccc(CO)cc2)nc1CCC1CCCCC1.CCC(C)C(=O)Nc1ncc(-c2ccc(CO)cc2)nc1CCC1CCCCC1.O=C(CC1CCCCC1)Nc1ncc(-c2ccc(CO)cc2)nc1CCC1CCCCC1. The summed E-state index contributed by atoms with van der Waals surface area (Å²) in [5, 5.41) is 48.9. The maximum absolute atomic E-state index is 12.8. The lowest BCUT2D eigenvalue weighted by atomic mass is 9.85. The maximum atomic E-state index is 12.8. The highest BCUT2D eigenvalue weighted by atomic mass is 16.3. The first-order valence-electron chi connectivity index (χ1n) is 43.9. The monoisotopic (exact) mass is 1580 g/mol. The number of hydrogen-bond acceptors (Lipinski definition) is 16. The van der Waals surface area contributed by atoms with Crippen molar-refractivity contribution in [3.63, 3.8) is 0 Å². The fraction of sp³-hybridized carbons (Fsp3) is 0.542. The van der Waals surface area contributed by atoms with E-state index in [9.17, 15) is 39.6 Å². The molecule has 1 atom stereocenters. The molecule has 0 radical (unpaired) electrons. The summed E-state index contributed by atoms with van der Waals surface area (Å²) in [7, 11) is 0. The first-order valence-corrected chi connectivity index (χ1v) is 43.9. The van der Waals surface area contributed by atoms with Crippen LogP contribution in [0, 0.1) is 41.4 Å². The number of nitrogens with one attached hydrogen (secondary N) is 4. The largest absolute Gasteiger partial charge is 0.392 e. The van der Waals surface area contributed by atoms with Gasteiger partial charge in [-0.15, -0.1) is 0 Å². The second kappa shape index (κ2) is 48.0. The number of nitrogens with zero attached hydrogens (tertiary/aromatic N) is 8. The number of rotatable bonds is 30. The molecule has 0 aliphatic heterocycles. The van der Waals surface area contributed by atoms with Crippen LogP contribution in [0.25, 0.3) is 45.0 Å². The van der Waals surface area contributed by atoms with E-state index in [2.05, 4.69) is 41.2 Å². The first kappa shape index (κ1) is 89.3. The molecule has 4 aromatic heterocycles. The van der Waals surface area contributed by atoms with Gasteiger partial charge < -0.3 is 41.7 Å². The number of aliphatic hydroxyl groups is 4. The van der Waals surface area contributed by atoms with Crippen molar-refractivity contribution >= 4 is 46.9 Å². The normalized spacial score (nSPS) is 16.0. The Kier molecular flexibility index (Phi) is 36.9. The van der Waals surface area contributed by atoms with E-state index in [0.29, 0.717) is 47.9 Å². The number of hydrogen-bond donors (Lipinski definition) is 8. The average molecular weight is 1580 g/mol. The molecule has 0 bridgehead atoms. The fourth-order valence-electron chi connectivity index (χ4n) is 16.8. The third-order valence-electron chi connectivity index (χ3n) is 24.1. The van der Waals surface area contributed by atoms with Gasteiger partial charge in [0.15, 0.2) is 23.3 Å². The molecule has 20 heteroatoms. The summed E-state index contributed by atoms with van der Waals surface area (Å²) in [6, 6.07) is 30.9. The Bertz CT molecular complexity index is 4300. The van der Waals surface area contributed by atoms with Crippen molar-refractivity contribution in [1.29, 1.82) is 0 Å². The van der Waals surface area contributed by atoms with E-state index in [1.165, 1.54) is 155 Å². The van der Waals surface area contributed by atoms with Gasteiger partial charge in [0.2, 0.25) is 23.6 Å². The molecule has 4 aromatic carbocycles. The van der Waals surface area contributed by atoms with E-state index in [1.807, 2.05) is 125 Å². The molecule has 4 heterocycles. The molecular formula is C96H130N12O8. The molecule has 1 unspecified atom stereocenters. The van der Waals surface area contributed by atoms with E-state index in [-0.39, 0.29) is 56.0 Å². The Balaban J connectivity index is 0.000000164. The van der Waals surface area contributed by atoms with Crippen molar-refractivity contribution in [2.75, 3.05) is 21.3 Å². The smallest absolute Gasteiger partial charge is 0.228 e. The van der Waals surface area contributed by atoms with Gasteiger partial charge in [0.05, 0.1) is 96.8 Å². The van der Waals surface area contributed by atoms with Gasteiger partial charge in [-0.1, -0.05) is 272 Å². The number of carbonyl (C=O) groups is 4. The molecule has 5 aliphatic rings. The summed E-state index contributed by atoms with van der Waals surface area (Å²) in [5.41, 5.74) is 14.1. The fourth-order valence-corrected chi connectivity index (χ4v) is 16.8. The number of carbonyl (C=O) groups excluding carboxylic acids is 4. The van der Waals surface area contributed by atoms with Crippen LogP contribution < -0.4 is 21.3 Å². The lowest BCUT2D eigenvalue weighted by molar-refractivity contribution is -0.119. The first-order chi connectivity index (χ1) is 56.5. The Morgan fingerprint density at radius 1 is 0.353 bits per heavy atom. The minimum atomic E-state index is -0.127. The van der Waals surface area contributed by atoms with Gasteiger partial charge in [-0.2, -0.15) is 0 Å². The van der Waals surface area contributed by atoms with Crippen molar-refractivity contribution < 1.29 is 39.6 Å². The Morgan fingerprint density at radius 2 is 0.612 bits per heavy atom. The number of amides is 4. The molecule has 622 valence electrons. The minimum Gasteiger partial charge on any atom is -0.392 e. The van der Waals surface area contributed by atoms with Crippen LogP contribution in [0.4, 0.5) is 23.3 Å². The zero-order chi connectivity index (χ0) is 81.8. The van der Waals surface area contributed by atoms with E-state index in [1.54, 1.807) is 24.8 Å². The summed E-state index contributed by atoms with van der Waals surface area (Å²) in [6.45, 7) is 9.63. The average Bonchev–Trinajstić information content (AvgIpc) is 0.839. The van der Waals surface area contributed by atoms with Crippen LogP contribution in [-0.4, -0.2) is 83.9 Å². The molecule has 4 amide bonds. The molecule has 5 saturated carbocycles. The predicted molar refractivity (Wildman–Crippen MR) is 463 cm³/mol. The summed E-state index contributed by atoms with van der Waals surface area (Å²) >= 11 is 0. The molecule has 0 saturated heterocycles. The van der Waals surface area contributed by atoms with Crippen LogP contribution in [0.1, 0.15) is 285 Å². The minimum absolute atomic E-state index is 0.000708. The molecule has 8 aromatic rings. The van der Waals surface area contributed by atoms with Crippen molar-refractivity contribution in [3.05, 3.63) is 167 Å². The summed E-state index contributed by atoms with van der Waals surface area (Å²) in [5.74, 6) is 6.11. The van der Waals surface area contributed by atoms with Crippen molar-refractivity contribution in [1.82, 2.24) is 39.9 Å². The summed E-state index contributed by atoms with van der Waals surface area (Å²) in [6.07, 6.45) is 49.0. The molecule has 5 aliphatic carbocycles. The Hall–Kier alpha value is -9.08. The van der Waals surface area contributed by atoms with Crippen molar-refractivity contribution in [2.24, 2.45) is 41.4 Å². The van der Waals surface area contributed by atoms with E-state index in [4.69, 9.17) is 19.9 Å². The van der Waals surface area contributed by atoms with Gasteiger partial charge in [0.25, 0.3) is 0 Å². The zero-order valence-corrected chi connectivity index (χ0v) is 69.9. The molecule has 0 spiro atoms. The van der Waals surface area contributed by atoms with Crippen LogP contribution in [0.2, 0.25) is 0 Å². The molecule has 20 nitrogen and oxygen atoms in total. The Labute approximate surface area is 689 Å². The van der Waals surface area contributed by atoms with Crippen molar-refractivity contribution in [2.45, 2.75) is 292 Å². The number of anilines is 4. The quantitative estimate of drug-likeness (QED) is 0.0207. The highest BCUT2D eigenvalue weighted by Gasteiger charge is 2.25.